The zero-order chi connectivity index (χ0) is 11.3. The molecule has 0 unspecified atom stereocenters. The number of amides is 1. The molecule has 0 aliphatic rings. The molecule has 0 fully saturated rings. The Morgan fingerprint density at radius 1 is 1.47 bits per heavy atom. The summed E-state index contributed by atoms with van der Waals surface area (Å²) in [6.45, 7) is 0. The molecule has 5 nitrogen and oxygen atoms in total. The van der Waals surface area contributed by atoms with Gasteiger partial charge < -0.3 is 10.4 Å². The van der Waals surface area contributed by atoms with Crippen molar-refractivity contribution in [3.8, 4) is 0 Å². The number of aromatic nitrogens is 1. The molecule has 15 heavy (non-hydrogen) atoms. The number of carbonyl (C=O) groups excluding carboxylic acids is 1. The molecule has 0 saturated heterocycles. The lowest BCUT2D eigenvalue weighted by Gasteiger charge is -1.99. The maximum Gasteiger partial charge on any atom is 0.328 e. The van der Waals surface area contributed by atoms with Crippen molar-refractivity contribution in [3.63, 3.8) is 0 Å². The first kappa shape index (κ1) is 11.2. The Bertz CT molecular complexity index is 418. The molecule has 0 atom stereocenters. The van der Waals surface area contributed by atoms with E-state index in [4.69, 9.17) is 16.7 Å². The van der Waals surface area contributed by atoms with Crippen molar-refractivity contribution in [3.05, 3.63) is 35.5 Å². The number of nitrogens with zero attached hydrogens (tertiary/aromatic N) is 1. The van der Waals surface area contributed by atoms with Crippen molar-refractivity contribution in [2.75, 3.05) is 5.32 Å². The molecule has 2 N–H and O–H groups in total. The molecule has 1 rings (SSSR count). The zero-order valence-electron chi connectivity index (χ0n) is 7.48. The number of pyridine rings is 1. The average molecular weight is 227 g/mol. The van der Waals surface area contributed by atoms with E-state index in [1.54, 1.807) is 6.07 Å². The normalized spacial score (nSPS) is 10.2. The fraction of sp³-hybridized carbons (Fsp3) is 0. The molecule has 0 aliphatic carbocycles. The third-order valence-electron chi connectivity index (χ3n) is 1.35. The van der Waals surface area contributed by atoms with E-state index in [0.717, 1.165) is 12.2 Å². The molecule has 0 radical (unpaired) electrons. The Balaban J connectivity index is 2.63. The van der Waals surface area contributed by atoms with Gasteiger partial charge in [0.15, 0.2) is 0 Å². The van der Waals surface area contributed by atoms with Gasteiger partial charge in [0.25, 0.3) is 0 Å². The van der Waals surface area contributed by atoms with E-state index in [1.165, 1.54) is 12.3 Å². The highest BCUT2D eigenvalue weighted by molar-refractivity contribution is 6.30. The Labute approximate surface area is 90.4 Å². The van der Waals surface area contributed by atoms with E-state index in [0.29, 0.717) is 5.02 Å². The van der Waals surface area contributed by atoms with E-state index in [1.807, 2.05) is 0 Å². The maximum absolute atomic E-state index is 11.1. The number of rotatable bonds is 3. The van der Waals surface area contributed by atoms with Crippen LogP contribution in [-0.4, -0.2) is 22.0 Å². The van der Waals surface area contributed by atoms with Crippen molar-refractivity contribution in [2.45, 2.75) is 0 Å². The lowest BCUT2D eigenvalue weighted by Crippen LogP contribution is -2.09. The first-order valence-electron chi connectivity index (χ1n) is 3.91. The topological polar surface area (TPSA) is 79.3 Å². The van der Waals surface area contributed by atoms with E-state index in [-0.39, 0.29) is 5.82 Å². The summed E-state index contributed by atoms with van der Waals surface area (Å²) in [5.74, 6) is -1.50. The van der Waals surface area contributed by atoms with Gasteiger partial charge >= 0.3 is 5.97 Å². The number of anilines is 1. The predicted molar refractivity (Wildman–Crippen MR) is 54.7 cm³/mol. The summed E-state index contributed by atoms with van der Waals surface area (Å²) in [4.78, 5) is 25.0. The van der Waals surface area contributed by atoms with E-state index in [9.17, 15) is 9.59 Å². The number of carboxylic acid groups (broad SMARTS) is 1. The molecular formula is C9H7ClN2O3. The van der Waals surface area contributed by atoms with E-state index >= 15 is 0 Å². The third-order valence-corrected chi connectivity index (χ3v) is 1.59. The molecule has 0 aliphatic heterocycles. The van der Waals surface area contributed by atoms with Crippen LogP contribution in [0.3, 0.4) is 0 Å². The van der Waals surface area contributed by atoms with Crippen molar-refractivity contribution in [1.82, 2.24) is 4.98 Å². The second-order valence-corrected chi connectivity index (χ2v) is 2.96. The third kappa shape index (κ3) is 4.24. The summed E-state index contributed by atoms with van der Waals surface area (Å²) in [5, 5.41) is 11.1. The Morgan fingerprint density at radius 3 is 2.80 bits per heavy atom. The van der Waals surface area contributed by atoms with Crippen LogP contribution in [0.15, 0.2) is 30.5 Å². The van der Waals surface area contributed by atoms with Gasteiger partial charge in [0.2, 0.25) is 5.91 Å². The Hall–Kier alpha value is -1.88. The second-order valence-electron chi connectivity index (χ2n) is 2.52. The first-order valence-corrected chi connectivity index (χ1v) is 4.29. The van der Waals surface area contributed by atoms with E-state index < -0.39 is 11.9 Å². The molecule has 0 bridgehead atoms. The van der Waals surface area contributed by atoms with Crippen molar-refractivity contribution in [1.29, 1.82) is 0 Å². The number of hydrogen-bond donors (Lipinski definition) is 2. The number of hydrogen-bond acceptors (Lipinski definition) is 3. The van der Waals surface area contributed by atoms with E-state index in [2.05, 4.69) is 10.3 Å². The molecule has 1 aromatic heterocycles. The standard InChI is InChI=1S/C9H7ClN2O3/c10-6-3-4-11-7(5-6)12-8(13)1-2-9(14)15/h1-5H,(H,14,15)(H,11,12,13)/b2-1+. The second kappa shape index (κ2) is 5.11. The van der Waals surface area contributed by atoms with Crippen LogP contribution in [0.2, 0.25) is 5.02 Å². The smallest absolute Gasteiger partial charge is 0.328 e. The van der Waals surface area contributed by atoms with Crippen LogP contribution >= 0.6 is 11.6 Å². The molecule has 0 saturated carbocycles. The highest BCUT2D eigenvalue weighted by Crippen LogP contribution is 2.11. The van der Waals surface area contributed by atoms with Gasteiger partial charge in [-0.1, -0.05) is 11.6 Å². The monoisotopic (exact) mass is 226 g/mol. The number of carbonyl (C=O) groups is 2. The minimum atomic E-state index is -1.19. The number of halogens is 1. The van der Waals surface area contributed by atoms with Crippen molar-refractivity contribution < 1.29 is 14.7 Å². The number of aliphatic carboxylic acids is 1. The molecular weight excluding hydrogens is 220 g/mol. The molecule has 1 amide bonds. The molecule has 1 heterocycles. The van der Waals surface area contributed by atoms with Gasteiger partial charge in [0, 0.05) is 23.4 Å². The van der Waals surface area contributed by atoms with Crippen LogP contribution in [0.5, 0.6) is 0 Å². The molecule has 0 aromatic carbocycles. The summed E-state index contributed by atoms with van der Waals surface area (Å²) < 4.78 is 0. The molecule has 78 valence electrons. The minimum absolute atomic E-state index is 0.266. The van der Waals surface area contributed by atoms with Crippen LogP contribution < -0.4 is 5.32 Å². The Morgan fingerprint density at radius 2 is 2.20 bits per heavy atom. The molecule has 0 spiro atoms. The summed E-state index contributed by atoms with van der Waals surface area (Å²) in [6.07, 6.45) is 3.06. The fourth-order valence-corrected chi connectivity index (χ4v) is 0.948. The van der Waals surface area contributed by atoms with Gasteiger partial charge in [-0.25, -0.2) is 9.78 Å². The zero-order valence-corrected chi connectivity index (χ0v) is 8.23. The van der Waals surface area contributed by atoms with Gasteiger partial charge in [-0.2, -0.15) is 0 Å². The lowest BCUT2D eigenvalue weighted by atomic mass is 10.4. The largest absolute Gasteiger partial charge is 0.478 e. The van der Waals surface area contributed by atoms with Gasteiger partial charge in [-0.3, -0.25) is 4.79 Å². The Kier molecular flexibility index (Phi) is 3.82. The van der Waals surface area contributed by atoms with Gasteiger partial charge in [0.1, 0.15) is 5.82 Å². The van der Waals surface area contributed by atoms with Crippen LogP contribution in [0, 0.1) is 0 Å². The van der Waals surface area contributed by atoms with Crippen LogP contribution in [0.25, 0.3) is 0 Å². The summed E-state index contributed by atoms with van der Waals surface area (Å²) >= 11 is 5.65. The van der Waals surface area contributed by atoms with Gasteiger partial charge in [-0.15, -0.1) is 0 Å². The van der Waals surface area contributed by atoms with Crippen LogP contribution in [-0.2, 0) is 9.59 Å². The quantitative estimate of drug-likeness (QED) is 0.762. The molecule has 1 aromatic rings. The van der Waals surface area contributed by atoms with Crippen LogP contribution in [0.4, 0.5) is 5.82 Å². The fourth-order valence-electron chi connectivity index (χ4n) is 0.788. The first-order chi connectivity index (χ1) is 7.08. The van der Waals surface area contributed by atoms with Gasteiger partial charge in [-0.05, 0) is 12.1 Å². The number of nitrogens with one attached hydrogen (secondary N) is 1. The van der Waals surface area contributed by atoms with Gasteiger partial charge in [0.05, 0.1) is 0 Å². The summed E-state index contributed by atoms with van der Waals surface area (Å²) in [5.41, 5.74) is 0. The van der Waals surface area contributed by atoms with Crippen molar-refractivity contribution in [2.24, 2.45) is 0 Å². The SMILES string of the molecule is O=C(O)/C=C/C(=O)Nc1cc(Cl)ccn1. The number of carboxylic acids is 1. The highest BCUT2D eigenvalue weighted by Gasteiger charge is 2.00. The summed E-state index contributed by atoms with van der Waals surface area (Å²) in [7, 11) is 0. The van der Waals surface area contributed by atoms with Crippen molar-refractivity contribution >= 4 is 29.3 Å². The predicted octanol–water partition coefficient (Wildman–Crippen LogP) is 1.31. The lowest BCUT2D eigenvalue weighted by molar-refractivity contribution is -0.131. The maximum atomic E-state index is 11.1. The molecule has 6 heteroatoms. The van der Waals surface area contributed by atoms with Crippen LogP contribution in [0.1, 0.15) is 0 Å². The summed E-state index contributed by atoms with van der Waals surface area (Å²) in [6, 6.07) is 3.01. The average Bonchev–Trinajstić information content (AvgIpc) is 2.15. The highest BCUT2D eigenvalue weighted by atomic mass is 35.5. The minimum Gasteiger partial charge on any atom is -0.478 e.